The smallest absolute Gasteiger partial charge is 0.258 e. The summed E-state index contributed by atoms with van der Waals surface area (Å²) in [4.78, 5) is 24.9. The van der Waals surface area contributed by atoms with Gasteiger partial charge in [-0.05, 0) is 44.7 Å². The topological polar surface area (TPSA) is 48.3 Å². The molecular formula is C23H25NO3. The van der Waals surface area contributed by atoms with Crippen LogP contribution in [0.4, 0.5) is 0 Å². The molecule has 0 saturated heterocycles. The van der Waals surface area contributed by atoms with Crippen LogP contribution in [0.15, 0.2) is 47.3 Å². The lowest BCUT2D eigenvalue weighted by atomic mass is 9.93. The van der Waals surface area contributed by atoms with Crippen LogP contribution in [0.25, 0.3) is 21.9 Å². The average Bonchev–Trinajstić information content (AvgIpc) is 2.62. The van der Waals surface area contributed by atoms with Crippen molar-refractivity contribution in [3.8, 4) is 11.1 Å². The van der Waals surface area contributed by atoms with Gasteiger partial charge in [-0.15, -0.1) is 0 Å². The standard InChI is InChI=1S/C23H25NO3/c1-14(2)27-20(13-25)22-21(17-8-6-7-15(3)11-17)19-12-16(4)9-10-18(19)23(26)24(22)5/h6-14,20H,1-5H3. The van der Waals surface area contributed by atoms with Crippen LogP contribution in [0.5, 0.6) is 0 Å². The molecule has 2 aromatic carbocycles. The summed E-state index contributed by atoms with van der Waals surface area (Å²) in [6.45, 7) is 7.79. The van der Waals surface area contributed by atoms with E-state index in [4.69, 9.17) is 4.74 Å². The Morgan fingerprint density at radius 3 is 2.33 bits per heavy atom. The average molecular weight is 363 g/mol. The lowest BCUT2D eigenvalue weighted by molar-refractivity contribution is -0.121. The van der Waals surface area contributed by atoms with Gasteiger partial charge in [0.1, 0.15) is 0 Å². The zero-order valence-electron chi connectivity index (χ0n) is 16.4. The van der Waals surface area contributed by atoms with Crippen LogP contribution < -0.4 is 5.56 Å². The molecule has 0 fully saturated rings. The fourth-order valence-electron chi connectivity index (χ4n) is 3.54. The second-order valence-corrected chi connectivity index (χ2v) is 7.28. The highest BCUT2D eigenvalue weighted by atomic mass is 16.5. The Bertz CT molecular complexity index is 1060. The number of fused-ring (bicyclic) bond motifs is 1. The van der Waals surface area contributed by atoms with E-state index in [1.807, 2.05) is 64.1 Å². The maximum Gasteiger partial charge on any atom is 0.258 e. The number of aryl methyl sites for hydroxylation is 2. The van der Waals surface area contributed by atoms with Gasteiger partial charge in [-0.3, -0.25) is 4.79 Å². The number of aromatic nitrogens is 1. The van der Waals surface area contributed by atoms with Gasteiger partial charge in [0.05, 0.1) is 11.8 Å². The molecule has 0 aliphatic rings. The molecule has 4 heteroatoms. The van der Waals surface area contributed by atoms with Gasteiger partial charge in [0.25, 0.3) is 5.56 Å². The van der Waals surface area contributed by atoms with E-state index in [0.717, 1.165) is 33.9 Å². The number of aldehydes is 1. The second kappa shape index (κ2) is 7.49. The number of carbonyl (C=O) groups excluding carboxylic acids is 1. The molecule has 3 rings (SSSR count). The van der Waals surface area contributed by atoms with Crippen molar-refractivity contribution in [2.75, 3.05) is 0 Å². The van der Waals surface area contributed by atoms with E-state index < -0.39 is 6.10 Å². The fraction of sp³-hybridized carbons (Fsp3) is 0.304. The van der Waals surface area contributed by atoms with Crippen LogP contribution in [0, 0.1) is 13.8 Å². The summed E-state index contributed by atoms with van der Waals surface area (Å²) in [5.41, 5.74) is 4.47. The third kappa shape index (κ3) is 3.58. The van der Waals surface area contributed by atoms with E-state index in [2.05, 4.69) is 6.07 Å². The first kappa shape index (κ1) is 19.1. The van der Waals surface area contributed by atoms with Gasteiger partial charge in [-0.25, -0.2) is 0 Å². The number of carbonyl (C=O) groups is 1. The van der Waals surface area contributed by atoms with Crippen molar-refractivity contribution >= 4 is 17.1 Å². The number of nitrogens with zero attached hydrogens (tertiary/aromatic N) is 1. The Morgan fingerprint density at radius 2 is 1.70 bits per heavy atom. The molecule has 0 amide bonds. The zero-order valence-corrected chi connectivity index (χ0v) is 16.4. The van der Waals surface area contributed by atoms with Crippen molar-refractivity contribution in [2.45, 2.75) is 39.9 Å². The highest BCUT2D eigenvalue weighted by Crippen LogP contribution is 2.35. The maximum atomic E-state index is 13.0. The molecule has 0 bridgehead atoms. The number of pyridine rings is 1. The molecule has 1 heterocycles. The molecule has 0 radical (unpaired) electrons. The highest BCUT2D eigenvalue weighted by Gasteiger charge is 2.24. The number of ether oxygens (including phenoxy) is 1. The predicted octanol–water partition coefficient (Wildman–Crippen LogP) is 4.49. The molecule has 1 unspecified atom stereocenters. The van der Waals surface area contributed by atoms with Gasteiger partial charge in [0, 0.05) is 18.0 Å². The van der Waals surface area contributed by atoms with Crippen LogP contribution in [0.2, 0.25) is 0 Å². The summed E-state index contributed by atoms with van der Waals surface area (Å²) in [5, 5.41) is 1.48. The minimum atomic E-state index is -0.817. The zero-order chi connectivity index (χ0) is 19.7. The first-order valence-corrected chi connectivity index (χ1v) is 9.14. The predicted molar refractivity (Wildman–Crippen MR) is 109 cm³/mol. The molecule has 0 aliphatic heterocycles. The fourth-order valence-corrected chi connectivity index (χ4v) is 3.54. The van der Waals surface area contributed by atoms with Crippen molar-refractivity contribution in [3.63, 3.8) is 0 Å². The molecule has 27 heavy (non-hydrogen) atoms. The van der Waals surface area contributed by atoms with E-state index in [-0.39, 0.29) is 11.7 Å². The molecule has 0 N–H and O–H groups in total. The molecule has 4 nitrogen and oxygen atoms in total. The summed E-state index contributed by atoms with van der Waals surface area (Å²) in [5.74, 6) is 0. The quantitative estimate of drug-likeness (QED) is 0.628. The van der Waals surface area contributed by atoms with E-state index in [0.29, 0.717) is 11.1 Å². The molecule has 0 saturated carbocycles. The monoisotopic (exact) mass is 363 g/mol. The van der Waals surface area contributed by atoms with Crippen LogP contribution in [-0.4, -0.2) is 17.0 Å². The number of hydrogen-bond donors (Lipinski definition) is 0. The summed E-state index contributed by atoms with van der Waals surface area (Å²) in [6, 6.07) is 13.9. The van der Waals surface area contributed by atoms with E-state index in [9.17, 15) is 9.59 Å². The minimum absolute atomic E-state index is 0.129. The van der Waals surface area contributed by atoms with Crippen molar-refractivity contribution in [3.05, 3.63) is 69.6 Å². The summed E-state index contributed by atoms with van der Waals surface area (Å²) < 4.78 is 7.42. The normalized spacial score (nSPS) is 12.5. The SMILES string of the molecule is Cc1cccc(-c2c(C(C=O)OC(C)C)n(C)c(=O)c3ccc(C)cc23)c1. The Hall–Kier alpha value is -2.72. The van der Waals surface area contributed by atoms with E-state index in [1.165, 1.54) is 0 Å². The molecule has 1 atom stereocenters. The molecule has 0 spiro atoms. The minimum Gasteiger partial charge on any atom is -0.362 e. The van der Waals surface area contributed by atoms with Crippen molar-refractivity contribution in [1.29, 1.82) is 0 Å². The van der Waals surface area contributed by atoms with Crippen molar-refractivity contribution in [1.82, 2.24) is 4.57 Å². The molecule has 140 valence electrons. The second-order valence-electron chi connectivity index (χ2n) is 7.28. The molecular weight excluding hydrogens is 338 g/mol. The Balaban J connectivity index is 2.49. The van der Waals surface area contributed by atoms with Crippen molar-refractivity contribution in [2.24, 2.45) is 7.05 Å². The maximum absolute atomic E-state index is 13.0. The lowest BCUT2D eigenvalue weighted by Gasteiger charge is -2.23. The van der Waals surface area contributed by atoms with Crippen LogP contribution in [-0.2, 0) is 16.6 Å². The number of rotatable bonds is 5. The molecule has 1 aromatic heterocycles. The first-order valence-electron chi connectivity index (χ1n) is 9.14. The van der Waals surface area contributed by atoms with Gasteiger partial charge >= 0.3 is 0 Å². The summed E-state index contributed by atoms with van der Waals surface area (Å²) >= 11 is 0. The third-order valence-corrected chi connectivity index (χ3v) is 4.72. The summed E-state index contributed by atoms with van der Waals surface area (Å²) in [7, 11) is 1.70. The van der Waals surface area contributed by atoms with Gasteiger partial charge in [0.2, 0.25) is 0 Å². The Kier molecular flexibility index (Phi) is 5.29. The van der Waals surface area contributed by atoms with E-state index >= 15 is 0 Å². The number of benzene rings is 2. The molecule has 3 aromatic rings. The molecule has 0 aliphatic carbocycles. The lowest BCUT2D eigenvalue weighted by Crippen LogP contribution is -2.26. The Labute approximate surface area is 159 Å². The van der Waals surface area contributed by atoms with E-state index in [1.54, 1.807) is 11.6 Å². The van der Waals surface area contributed by atoms with Gasteiger partial charge in [-0.1, -0.05) is 47.5 Å². The van der Waals surface area contributed by atoms with Crippen LogP contribution in [0.1, 0.15) is 36.8 Å². The van der Waals surface area contributed by atoms with Crippen molar-refractivity contribution < 1.29 is 9.53 Å². The summed E-state index contributed by atoms with van der Waals surface area (Å²) in [6.07, 6.45) is -0.188. The van der Waals surface area contributed by atoms with Gasteiger partial charge < -0.3 is 14.1 Å². The highest BCUT2D eigenvalue weighted by molar-refractivity contribution is 5.98. The van der Waals surface area contributed by atoms with Gasteiger partial charge in [0.15, 0.2) is 12.4 Å². The largest absolute Gasteiger partial charge is 0.362 e. The third-order valence-electron chi connectivity index (χ3n) is 4.72. The van der Waals surface area contributed by atoms with Gasteiger partial charge in [-0.2, -0.15) is 0 Å². The van der Waals surface area contributed by atoms with Crippen LogP contribution >= 0.6 is 0 Å². The first-order chi connectivity index (χ1) is 12.8. The van der Waals surface area contributed by atoms with Crippen LogP contribution in [0.3, 0.4) is 0 Å². The Morgan fingerprint density at radius 1 is 1.00 bits per heavy atom. The number of hydrogen-bond acceptors (Lipinski definition) is 3.